The van der Waals surface area contributed by atoms with E-state index in [-0.39, 0.29) is 17.2 Å². The second-order valence-electron chi connectivity index (χ2n) is 5.23. The molecule has 4 heteroatoms. The SMILES string of the molecule is CC1(C)CC1C(=O)NCc1ccc(C#CCN)s1. The molecule has 0 radical (unpaired) electrons. The minimum absolute atomic E-state index is 0.169. The Balaban J connectivity index is 1.84. The Bertz CT molecular complexity index is 507. The molecule has 1 aliphatic carbocycles. The predicted molar refractivity (Wildman–Crippen MR) is 74.0 cm³/mol. The van der Waals surface area contributed by atoms with Crippen LogP contribution in [0.25, 0.3) is 0 Å². The van der Waals surface area contributed by atoms with E-state index in [1.54, 1.807) is 11.3 Å². The van der Waals surface area contributed by atoms with Crippen molar-refractivity contribution in [2.24, 2.45) is 17.1 Å². The smallest absolute Gasteiger partial charge is 0.223 e. The minimum atomic E-state index is 0.169. The lowest BCUT2D eigenvalue weighted by molar-refractivity contribution is -0.123. The van der Waals surface area contributed by atoms with Crippen molar-refractivity contribution in [2.75, 3.05) is 6.54 Å². The highest BCUT2D eigenvalue weighted by atomic mass is 32.1. The largest absolute Gasteiger partial charge is 0.351 e. The molecule has 18 heavy (non-hydrogen) atoms. The lowest BCUT2D eigenvalue weighted by atomic mass is 10.1. The molecule has 2 rings (SSSR count). The highest BCUT2D eigenvalue weighted by molar-refractivity contribution is 7.12. The predicted octanol–water partition coefficient (Wildman–Crippen LogP) is 1.72. The molecule has 3 N–H and O–H groups in total. The molecule has 0 bridgehead atoms. The first kappa shape index (κ1) is 13.1. The fourth-order valence-electron chi connectivity index (χ4n) is 1.89. The van der Waals surface area contributed by atoms with Crippen LogP contribution in [0.3, 0.4) is 0 Å². The lowest BCUT2D eigenvalue weighted by Gasteiger charge is -2.04. The van der Waals surface area contributed by atoms with Crippen LogP contribution in [0, 0.1) is 23.2 Å². The Kier molecular flexibility index (Phi) is 3.74. The maximum atomic E-state index is 11.8. The molecule has 1 aromatic heterocycles. The average Bonchev–Trinajstić information content (AvgIpc) is 2.76. The lowest BCUT2D eigenvalue weighted by Crippen LogP contribution is -2.25. The van der Waals surface area contributed by atoms with Gasteiger partial charge in [-0.05, 0) is 24.0 Å². The van der Waals surface area contributed by atoms with Gasteiger partial charge in [0.1, 0.15) is 0 Å². The first-order valence-corrected chi connectivity index (χ1v) is 6.90. The van der Waals surface area contributed by atoms with E-state index in [9.17, 15) is 4.79 Å². The van der Waals surface area contributed by atoms with E-state index in [0.29, 0.717) is 13.1 Å². The van der Waals surface area contributed by atoms with Crippen molar-refractivity contribution in [3.63, 3.8) is 0 Å². The molecule has 96 valence electrons. The number of thiophene rings is 1. The van der Waals surface area contributed by atoms with Crippen molar-refractivity contribution >= 4 is 17.2 Å². The van der Waals surface area contributed by atoms with E-state index in [2.05, 4.69) is 31.0 Å². The third-order valence-electron chi connectivity index (χ3n) is 3.24. The van der Waals surface area contributed by atoms with Crippen molar-refractivity contribution in [2.45, 2.75) is 26.8 Å². The van der Waals surface area contributed by atoms with Crippen molar-refractivity contribution in [1.29, 1.82) is 0 Å². The second kappa shape index (κ2) is 5.13. The zero-order valence-corrected chi connectivity index (χ0v) is 11.6. The first-order chi connectivity index (χ1) is 8.53. The fraction of sp³-hybridized carbons (Fsp3) is 0.500. The van der Waals surface area contributed by atoms with Crippen molar-refractivity contribution < 1.29 is 4.79 Å². The van der Waals surface area contributed by atoms with Gasteiger partial charge in [0, 0.05) is 10.8 Å². The zero-order chi connectivity index (χ0) is 13.2. The van der Waals surface area contributed by atoms with Gasteiger partial charge in [-0.25, -0.2) is 0 Å². The normalized spacial score (nSPS) is 19.8. The maximum Gasteiger partial charge on any atom is 0.223 e. The summed E-state index contributed by atoms with van der Waals surface area (Å²) in [7, 11) is 0. The molecule has 1 saturated carbocycles. The number of carbonyl (C=O) groups is 1. The van der Waals surface area contributed by atoms with Gasteiger partial charge in [-0.3, -0.25) is 4.79 Å². The number of amides is 1. The van der Waals surface area contributed by atoms with E-state index in [0.717, 1.165) is 16.2 Å². The number of nitrogens with two attached hydrogens (primary N) is 1. The van der Waals surface area contributed by atoms with Crippen molar-refractivity contribution in [1.82, 2.24) is 5.32 Å². The number of rotatable bonds is 3. The summed E-state index contributed by atoms with van der Waals surface area (Å²) < 4.78 is 0. The van der Waals surface area contributed by atoms with Crippen LogP contribution in [0.15, 0.2) is 12.1 Å². The maximum absolute atomic E-state index is 11.8. The highest BCUT2D eigenvalue weighted by Gasteiger charge is 2.50. The monoisotopic (exact) mass is 262 g/mol. The average molecular weight is 262 g/mol. The van der Waals surface area contributed by atoms with Crippen molar-refractivity contribution in [3.8, 4) is 11.8 Å². The third-order valence-corrected chi connectivity index (χ3v) is 4.24. The molecule has 3 nitrogen and oxygen atoms in total. The summed E-state index contributed by atoms with van der Waals surface area (Å²) >= 11 is 1.60. The van der Waals surface area contributed by atoms with Crippen LogP contribution in [0.1, 0.15) is 30.0 Å². The Morgan fingerprint density at radius 1 is 1.61 bits per heavy atom. The molecule has 0 saturated heterocycles. The van der Waals surface area contributed by atoms with Crippen LogP contribution in [0.4, 0.5) is 0 Å². The van der Waals surface area contributed by atoms with Gasteiger partial charge >= 0.3 is 0 Å². The molecule has 0 aliphatic heterocycles. The highest BCUT2D eigenvalue weighted by Crippen LogP contribution is 2.51. The van der Waals surface area contributed by atoms with Gasteiger partial charge in [-0.15, -0.1) is 11.3 Å². The Morgan fingerprint density at radius 2 is 2.33 bits per heavy atom. The second-order valence-corrected chi connectivity index (χ2v) is 6.40. The molecule has 1 heterocycles. The number of nitrogens with one attached hydrogen (secondary N) is 1. The van der Waals surface area contributed by atoms with Crippen LogP contribution in [0.5, 0.6) is 0 Å². The van der Waals surface area contributed by atoms with Gasteiger partial charge in [-0.2, -0.15) is 0 Å². The van der Waals surface area contributed by atoms with Crippen LogP contribution < -0.4 is 11.1 Å². The van der Waals surface area contributed by atoms with Gasteiger partial charge < -0.3 is 11.1 Å². The quantitative estimate of drug-likeness (QED) is 0.815. The molecule has 1 amide bonds. The molecule has 1 atom stereocenters. The molecule has 1 unspecified atom stereocenters. The summed E-state index contributed by atoms with van der Waals surface area (Å²) in [6.45, 7) is 5.23. The van der Waals surface area contributed by atoms with Crippen LogP contribution in [0.2, 0.25) is 0 Å². The third kappa shape index (κ3) is 3.12. The summed E-state index contributed by atoms with van der Waals surface area (Å²) in [6.07, 6.45) is 0.997. The van der Waals surface area contributed by atoms with E-state index >= 15 is 0 Å². The summed E-state index contributed by atoms with van der Waals surface area (Å²) in [5, 5.41) is 2.98. The van der Waals surface area contributed by atoms with Crippen molar-refractivity contribution in [3.05, 3.63) is 21.9 Å². The standard InChI is InChI=1S/C14H18N2OS/c1-14(2)8-12(14)13(17)16-9-11-6-5-10(18-11)4-3-7-15/h5-6,12H,7-9,15H2,1-2H3,(H,16,17). The molecule has 1 fully saturated rings. The van der Waals surface area contributed by atoms with Crippen LogP contribution in [-0.4, -0.2) is 12.5 Å². The van der Waals surface area contributed by atoms with E-state index in [4.69, 9.17) is 5.73 Å². The summed E-state index contributed by atoms with van der Waals surface area (Å²) in [6, 6.07) is 3.97. The number of carbonyl (C=O) groups excluding carboxylic acids is 1. The van der Waals surface area contributed by atoms with Gasteiger partial charge in [0.2, 0.25) is 5.91 Å². The zero-order valence-electron chi connectivity index (χ0n) is 10.7. The number of hydrogen-bond donors (Lipinski definition) is 2. The molecular weight excluding hydrogens is 244 g/mol. The Hall–Kier alpha value is -1.31. The van der Waals surface area contributed by atoms with E-state index in [1.165, 1.54) is 0 Å². The van der Waals surface area contributed by atoms with Crippen LogP contribution >= 0.6 is 11.3 Å². The molecule has 0 aromatic carbocycles. The summed E-state index contributed by atoms with van der Waals surface area (Å²) in [4.78, 5) is 13.9. The number of hydrogen-bond acceptors (Lipinski definition) is 3. The van der Waals surface area contributed by atoms with E-state index in [1.807, 2.05) is 12.1 Å². The molecule has 1 aliphatic rings. The fourth-order valence-corrected chi connectivity index (χ4v) is 2.71. The van der Waals surface area contributed by atoms with Gasteiger partial charge in [0.05, 0.1) is 18.0 Å². The Labute approximate surface area is 112 Å². The minimum Gasteiger partial charge on any atom is -0.351 e. The Morgan fingerprint density at radius 3 is 2.94 bits per heavy atom. The van der Waals surface area contributed by atoms with Gasteiger partial charge in [0.25, 0.3) is 0 Å². The van der Waals surface area contributed by atoms with E-state index < -0.39 is 0 Å². The summed E-state index contributed by atoms with van der Waals surface area (Å²) in [5.41, 5.74) is 5.51. The topological polar surface area (TPSA) is 55.1 Å². The molecule has 1 aromatic rings. The van der Waals surface area contributed by atoms with Crippen LogP contribution in [-0.2, 0) is 11.3 Å². The van der Waals surface area contributed by atoms with Gasteiger partial charge in [-0.1, -0.05) is 25.7 Å². The molecular formula is C14H18N2OS. The summed E-state index contributed by atoms with van der Waals surface area (Å²) in [5.74, 6) is 6.17. The van der Waals surface area contributed by atoms with Gasteiger partial charge in [0.15, 0.2) is 0 Å². The first-order valence-electron chi connectivity index (χ1n) is 6.08. The molecule has 0 spiro atoms.